The number of aromatic nitrogens is 1. The van der Waals surface area contributed by atoms with Crippen LogP contribution in [0.3, 0.4) is 0 Å². The van der Waals surface area contributed by atoms with Gasteiger partial charge in [0, 0.05) is 42.5 Å². The Kier molecular flexibility index (Phi) is 15.7. The van der Waals surface area contributed by atoms with Crippen molar-refractivity contribution >= 4 is 57.8 Å². The molecular formula is C35H49N11O6. The Bertz CT molecular complexity index is 1730. The van der Waals surface area contributed by atoms with E-state index in [1.54, 1.807) is 38.2 Å². The van der Waals surface area contributed by atoms with Crippen molar-refractivity contribution in [1.29, 1.82) is 0 Å². The van der Waals surface area contributed by atoms with E-state index in [-0.39, 0.29) is 43.4 Å². The first-order chi connectivity index (χ1) is 24.8. The lowest BCUT2D eigenvalue weighted by Crippen LogP contribution is -2.56. The summed E-state index contributed by atoms with van der Waals surface area (Å²) in [6.45, 7) is 3.69. The van der Waals surface area contributed by atoms with E-state index < -0.39 is 54.3 Å². The second-order valence-corrected chi connectivity index (χ2v) is 12.4. The standard InChI is InChI=1S/C35H49N11O6/c1-20(2)29(46-33(51)27(19-47)44-28(48)9-4-15-36)34(52)42-18-21-10-12-22(13-11-21)43-25-14-17-40-30-23(25)6-3-7-24(30)32(50)45-26(31(37)49)8-5-16-41-35(38)39/h3,6-7,10-14,17,20,26-27,29,47H,4-5,8-9,15-16,18-19,36H2,1-2H3,(H2,37,49)(H,40,43)(H,42,52)(H,44,48)(H,45,50)(H,46,51)(H4,38,39,41)/t26-,27-,29-/m0/s1. The van der Waals surface area contributed by atoms with Crippen LogP contribution in [-0.4, -0.2) is 83.4 Å². The van der Waals surface area contributed by atoms with E-state index in [4.69, 9.17) is 22.9 Å². The summed E-state index contributed by atoms with van der Waals surface area (Å²) in [6.07, 6.45) is 2.80. The number of carbonyl (C=O) groups excluding carboxylic acids is 5. The molecule has 3 atom stereocenters. The Hall–Kier alpha value is -5.81. The van der Waals surface area contributed by atoms with Gasteiger partial charge in [0.15, 0.2) is 5.96 Å². The van der Waals surface area contributed by atoms with Crippen molar-refractivity contribution in [3.8, 4) is 0 Å². The highest BCUT2D eigenvalue weighted by molar-refractivity contribution is 6.09. The molecule has 52 heavy (non-hydrogen) atoms. The molecule has 0 saturated heterocycles. The minimum absolute atomic E-state index is 0.0662. The van der Waals surface area contributed by atoms with Crippen LogP contribution >= 0.6 is 0 Å². The molecule has 2 aromatic carbocycles. The third-order valence-corrected chi connectivity index (χ3v) is 8.00. The second kappa shape index (κ2) is 20.1. The van der Waals surface area contributed by atoms with Gasteiger partial charge in [-0.15, -0.1) is 0 Å². The molecule has 0 saturated carbocycles. The van der Waals surface area contributed by atoms with Crippen LogP contribution in [0.15, 0.2) is 59.7 Å². The highest BCUT2D eigenvalue weighted by Crippen LogP contribution is 2.27. The van der Waals surface area contributed by atoms with Crippen molar-refractivity contribution in [3.05, 3.63) is 65.9 Å². The molecule has 0 aliphatic carbocycles. The average Bonchev–Trinajstić information content (AvgIpc) is 3.12. The molecule has 0 spiro atoms. The first kappa shape index (κ1) is 40.6. The molecule has 0 bridgehead atoms. The molecule has 1 heterocycles. The molecule has 5 amide bonds. The molecular weight excluding hydrogens is 670 g/mol. The van der Waals surface area contributed by atoms with Gasteiger partial charge in [0.1, 0.15) is 18.1 Å². The van der Waals surface area contributed by atoms with Crippen molar-refractivity contribution in [1.82, 2.24) is 26.3 Å². The van der Waals surface area contributed by atoms with E-state index in [0.29, 0.717) is 36.0 Å². The van der Waals surface area contributed by atoms with Gasteiger partial charge in [-0.25, -0.2) is 0 Å². The number of fused-ring (bicyclic) bond motifs is 1. The van der Waals surface area contributed by atoms with Crippen molar-refractivity contribution in [3.63, 3.8) is 0 Å². The van der Waals surface area contributed by atoms with Gasteiger partial charge in [0.2, 0.25) is 23.6 Å². The number of amides is 5. The summed E-state index contributed by atoms with van der Waals surface area (Å²) >= 11 is 0. The molecule has 3 rings (SSSR count). The van der Waals surface area contributed by atoms with Crippen LogP contribution in [0.5, 0.6) is 0 Å². The first-order valence-electron chi connectivity index (χ1n) is 16.9. The lowest BCUT2D eigenvalue weighted by Gasteiger charge is -2.24. The molecule has 14 N–H and O–H groups in total. The molecule has 0 aliphatic rings. The lowest BCUT2D eigenvalue weighted by atomic mass is 10.0. The quantitative estimate of drug-likeness (QED) is 0.0407. The summed E-state index contributed by atoms with van der Waals surface area (Å²) in [6, 6.07) is 11.2. The van der Waals surface area contributed by atoms with Crippen molar-refractivity contribution < 1.29 is 29.1 Å². The molecule has 1 aromatic heterocycles. The van der Waals surface area contributed by atoms with E-state index in [1.165, 1.54) is 0 Å². The number of aliphatic hydroxyl groups excluding tert-OH is 1. The Balaban J connectivity index is 1.64. The topological polar surface area (TPSA) is 295 Å². The van der Waals surface area contributed by atoms with Gasteiger partial charge in [0.25, 0.3) is 5.91 Å². The monoisotopic (exact) mass is 719 g/mol. The second-order valence-electron chi connectivity index (χ2n) is 12.4. The Labute approximate surface area is 301 Å². The molecule has 3 aromatic rings. The smallest absolute Gasteiger partial charge is 0.254 e. The third kappa shape index (κ3) is 12.2. The fourth-order valence-corrected chi connectivity index (χ4v) is 5.17. The molecule has 0 aliphatic heterocycles. The van der Waals surface area contributed by atoms with Crippen molar-refractivity contribution in [2.24, 2.45) is 33.8 Å². The van der Waals surface area contributed by atoms with Crippen LogP contribution in [0.1, 0.15) is 55.5 Å². The van der Waals surface area contributed by atoms with Crippen LogP contribution in [-0.2, 0) is 25.7 Å². The minimum atomic E-state index is -1.20. The summed E-state index contributed by atoms with van der Waals surface area (Å²) in [7, 11) is 0. The minimum Gasteiger partial charge on any atom is -0.394 e. The van der Waals surface area contributed by atoms with Gasteiger partial charge >= 0.3 is 0 Å². The number of hydrogen-bond acceptors (Lipinski definition) is 10. The number of carbonyl (C=O) groups is 5. The van der Waals surface area contributed by atoms with Crippen LogP contribution in [0.4, 0.5) is 11.4 Å². The molecule has 17 nitrogen and oxygen atoms in total. The lowest BCUT2D eigenvalue weighted by molar-refractivity contribution is -0.133. The zero-order valence-electron chi connectivity index (χ0n) is 29.4. The van der Waals surface area contributed by atoms with E-state index in [1.807, 2.05) is 30.3 Å². The van der Waals surface area contributed by atoms with Gasteiger partial charge in [0.05, 0.1) is 17.7 Å². The number of para-hydroxylation sites is 1. The fraction of sp³-hybridized carbons (Fsp3) is 0.400. The Morgan fingerprint density at radius 1 is 0.885 bits per heavy atom. The number of pyridine rings is 1. The largest absolute Gasteiger partial charge is 0.394 e. The highest BCUT2D eigenvalue weighted by atomic mass is 16.3. The highest BCUT2D eigenvalue weighted by Gasteiger charge is 2.28. The van der Waals surface area contributed by atoms with Crippen LogP contribution in [0.2, 0.25) is 0 Å². The number of hydrogen-bond donors (Lipinski definition) is 10. The SMILES string of the molecule is CC(C)[C@H](NC(=O)[C@H](CO)NC(=O)CCCN)C(=O)NCc1ccc(Nc2ccnc3c(C(=O)N[C@@H](CCCN=C(N)N)C(N)=O)cccc23)cc1. The molecule has 17 heteroatoms. The predicted octanol–water partition coefficient (Wildman–Crippen LogP) is -0.411. The summed E-state index contributed by atoms with van der Waals surface area (Å²) < 4.78 is 0. The number of guanidine groups is 1. The van der Waals surface area contributed by atoms with Crippen molar-refractivity contribution in [2.75, 3.05) is 25.0 Å². The Morgan fingerprint density at radius 3 is 2.25 bits per heavy atom. The van der Waals surface area contributed by atoms with Gasteiger partial charge in [-0.2, -0.15) is 0 Å². The third-order valence-electron chi connectivity index (χ3n) is 8.00. The zero-order chi connectivity index (χ0) is 38.2. The first-order valence-corrected chi connectivity index (χ1v) is 16.9. The number of aliphatic imine (C=N–C) groups is 1. The normalized spacial score (nSPS) is 12.6. The number of rotatable bonds is 20. The van der Waals surface area contributed by atoms with Crippen molar-refractivity contribution in [2.45, 2.75) is 64.2 Å². The van der Waals surface area contributed by atoms with Gasteiger partial charge < -0.3 is 54.6 Å². The number of nitrogens with two attached hydrogens (primary N) is 4. The fourth-order valence-electron chi connectivity index (χ4n) is 5.17. The van der Waals surface area contributed by atoms with Gasteiger partial charge in [-0.3, -0.25) is 33.9 Å². The predicted molar refractivity (Wildman–Crippen MR) is 198 cm³/mol. The summed E-state index contributed by atoms with van der Waals surface area (Å²) in [5.74, 6) is -3.06. The summed E-state index contributed by atoms with van der Waals surface area (Å²) in [5, 5.41) is 24.3. The number of nitrogens with zero attached hydrogens (tertiary/aromatic N) is 2. The maximum atomic E-state index is 13.3. The van der Waals surface area contributed by atoms with E-state index in [9.17, 15) is 29.1 Å². The van der Waals surface area contributed by atoms with Crippen LogP contribution in [0, 0.1) is 5.92 Å². The molecule has 0 fully saturated rings. The number of anilines is 2. The number of primary amides is 1. The summed E-state index contributed by atoms with van der Waals surface area (Å²) in [4.78, 5) is 71.5. The van der Waals surface area contributed by atoms with Gasteiger partial charge in [-0.1, -0.05) is 38.1 Å². The molecule has 0 unspecified atom stereocenters. The maximum Gasteiger partial charge on any atom is 0.254 e. The number of benzene rings is 2. The van der Waals surface area contributed by atoms with E-state index >= 15 is 0 Å². The molecule has 0 radical (unpaired) electrons. The van der Waals surface area contributed by atoms with Crippen LogP contribution in [0.25, 0.3) is 10.9 Å². The van der Waals surface area contributed by atoms with E-state index in [0.717, 1.165) is 11.3 Å². The zero-order valence-corrected chi connectivity index (χ0v) is 29.4. The van der Waals surface area contributed by atoms with E-state index in [2.05, 4.69) is 36.6 Å². The van der Waals surface area contributed by atoms with Crippen LogP contribution < -0.4 is 49.5 Å². The van der Waals surface area contributed by atoms with Gasteiger partial charge in [-0.05, 0) is 61.6 Å². The summed E-state index contributed by atoms with van der Waals surface area (Å²) in [5.41, 5.74) is 24.5. The number of nitrogens with one attached hydrogen (secondary N) is 5. The molecule has 280 valence electrons. The maximum absolute atomic E-state index is 13.3. The Morgan fingerprint density at radius 2 is 1.62 bits per heavy atom. The average molecular weight is 720 g/mol. The number of aliphatic hydroxyl groups is 1.